The molecule has 0 spiro atoms. The van der Waals surface area contributed by atoms with Crippen LogP contribution in [0.5, 0.6) is 11.5 Å². The minimum absolute atomic E-state index is 0.269. The topological polar surface area (TPSA) is 101 Å². The number of benzene rings is 1. The number of anilines is 1. The number of halogens is 1. The number of aromatic nitrogens is 2. The van der Waals surface area contributed by atoms with Crippen LogP contribution in [0.2, 0.25) is 5.02 Å². The summed E-state index contributed by atoms with van der Waals surface area (Å²) in [5, 5.41) is 4.54. The van der Waals surface area contributed by atoms with Crippen molar-refractivity contribution in [3.63, 3.8) is 0 Å². The van der Waals surface area contributed by atoms with E-state index in [-0.39, 0.29) is 23.3 Å². The fraction of sp³-hybridized carbons (Fsp3) is 0.389. The van der Waals surface area contributed by atoms with Gasteiger partial charge in [-0.15, -0.1) is 0 Å². The average molecular weight is 395 g/mol. The Bertz CT molecular complexity index is 835. The number of imidazole rings is 1. The van der Waals surface area contributed by atoms with Gasteiger partial charge in [-0.25, -0.2) is 14.5 Å². The van der Waals surface area contributed by atoms with Crippen LogP contribution in [0.3, 0.4) is 0 Å². The smallest absolute Gasteiger partial charge is 0.347 e. The van der Waals surface area contributed by atoms with Crippen molar-refractivity contribution in [3.8, 4) is 11.5 Å². The van der Waals surface area contributed by atoms with Crippen molar-refractivity contribution in [1.82, 2.24) is 9.66 Å². The first kappa shape index (κ1) is 20.6. The Morgan fingerprint density at radius 3 is 2.74 bits per heavy atom. The van der Waals surface area contributed by atoms with Crippen LogP contribution in [0.1, 0.15) is 32.0 Å². The molecule has 0 aliphatic carbocycles. The van der Waals surface area contributed by atoms with Crippen molar-refractivity contribution < 1.29 is 19.0 Å². The van der Waals surface area contributed by atoms with E-state index in [2.05, 4.69) is 10.1 Å². The molecule has 9 heteroatoms. The zero-order valence-electron chi connectivity index (χ0n) is 15.7. The second-order valence-electron chi connectivity index (χ2n) is 5.60. The van der Waals surface area contributed by atoms with Crippen molar-refractivity contribution in [2.24, 2.45) is 5.10 Å². The SMILES string of the molecule is CCOC(=O)C(C)Oc1c(Cl)cc(C=Nn2cc(C)nc2N)cc1OCC. The molecular weight excluding hydrogens is 372 g/mol. The summed E-state index contributed by atoms with van der Waals surface area (Å²) in [6, 6.07) is 3.37. The maximum Gasteiger partial charge on any atom is 0.347 e. The number of carbonyl (C=O) groups is 1. The van der Waals surface area contributed by atoms with Gasteiger partial charge in [-0.05, 0) is 45.4 Å². The van der Waals surface area contributed by atoms with Gasteiger partial charge in [-0.1, -0.05) is 11.6 Å². The van der Waals surface area contributed by atoms with Crippen LogP contribution in [0, 0.1) is 6.92 Å². The number of nitrogens with zero attached hydrogens (tertiary/aromatic N) is 3. The minimum atomic E-state index is -0.824. The molecule has 1 atom stereocenters. The third kappa shape index (κ3) is 5.37. The largest absolute Gasteiger partial charge is 0.490 e. The highest BCUT2D eigenvalue weighted by Gasteiger charge is 2.21. The van der Waals surface area contributed by atoms with Gasteiger partial charge in [0.05, 0.1) is 36.3 Å². The highest BCUT2D eigenvalue weighted by molar-refractivity contribution is 6.32. The summed E-state index contributed by atoms with van der Waals surface area (Å²) in [7, 11) is 0. The minimum Gasteiger partial charge on any atom is -0.490 e. The fourth-order valence-corrected chi connectivity index (χ4v) is 2.51. The summed E-state index contributed by atoms with van der Waals surface area (Å²) in [6.45, 7) is 7.64. The highest BCUT2D eigenvalue weighted by Crippen LogP contribution is 2.37. The first-order valence-corrected chi connectivity index (χ1v) is 8.88. The van der Waals surface area contributed by atoms with E-state index in [0.29, 0.717) is 17.9 Å². The molecule has 2 N–H and O–H groups in total. The molecule has 0 bridgehead atoms. The standard InChI is InChI=1S/C18H23ClN4O4/c1-5-25-15-8-13(9-21-23-10-11(3)22-18(23)20)7-14(19)16(15)27-12(4)17(24)26-6-2/h7-10,12H,5-6H2,1-4H3,(H2,20,22). The predicted molar refractivity (Wildman–Crippen MR) is 104 cm³/mol. The number of esters is 1. The first-order valence-electron chi connectivity index (χ1n) is 8.51. The number of nitrogens with two attached hydrogens (primary N) is 1. The number of ether oxygens (including phenoxy) is 3. The van der Waals surface area contributed by atoms with Crippen LogP contribution >= 0.6 is 11.6 Å². The average Bonchev–Trinajstić information content (AvgIpc) is 2.93. The lowest BCUT2D eigenvalue weighted by Gasteiger charge is -2.18. The van der Waals surface area contributed by atoms with Crippen LogP contribution in [-0.4, -0.2) is 41.2 Å². The zero-order chi connectivity index (χ0) is 20.0. The van der Waals surface area contributed by atoms with Crippen LogP contribution in [0.4, 0.5) is 5.95 Å². The van der Waals surface area contributed by atoms with E-state index in [0.717, 1.165) is 5.69 Å². The van der Waals surface area contributed by atoms with Crippen molar-refractivity contribution in [3.05, 3.63) is 34.6 Å². The maximum absolute atomic E-state index is 11.8. The lowest BCUT2D eigenvalue weighted by atomic mass is 10.2. The number of aryl methyl sites for hydroxylation is 1. The van der Waals surface area contributed by atoms with Gasteiger partial charge in [0.15, 0.2) is 17.6 Å². The van der Waals surface area contributed by atoms with Crippen LogP contribution in [0.15, 0.2) is 23.4 Å². The second-order valence-corrected chi connectivity index (χ2v) is 6.01. The monoisotopic (exact) mass is 394 g/mol. The van der Waals surface area contributed by atoms with E-state index in [1.54, 1.807) is 38.4 Å². The lowest BCUT2D eigenvalue weighted by Crippen LogP contribution is -2.26. The van der Waals surface area contributed by atoms with Gasteiger partial charge in [-0.2, -0.15) is 5.10 Å². The van der Waals surface area contributed by atoms with Gasteiger partial charge < -0.3 is 19.9 Å². The van der Waals surface area contributed by atoms with Gasteiger partial charge in [0, 0.05) is 0 Å². The molecule has 0 aliphatic rings. The zero-order valence-corrected chi connectivity index (χ0v) is 16.5. The summed E-state index contributed by atoms with van der Waals surface area (Å²) in [5.74, 6) is 0.474. The normalized spacial score (nSPS) is 12.2. The Morgan fingerprint density at radius 2 is 2.15 bits per heavy atom. The van der Waals surface area contributed by atoms with Gasteiger partial charge in [0.2, 0.25) is 5.95 Å². The van der Waals surface area contributed by atoms with E-state index >= 15 is 0 Å². The van der Waals surface area contributed by atoms with Crippen molar-refractivity contribution in [2.75, 3.05) is 18.9 Å². The highest BCUT2D eigenvalue weighted by atomic mass is 35.5. The second kappa shape index (κ2) is 9.27. The predicted octanol–water partition coefficient (Wildman–Crippen LogP) is 3.04. The molecule has 27 heavy (non-hydrogen) atoms. The first-order chi connectivity index (χ1) is 12.8. The van der Waals surface area contributed by atoms with Gasteiger partial charge in [-0.3, -0.25) is 0 Å². The van der Waals surface area contributed by atoms with Crippen LogP contribution in [-0.2, 0) is 9.53 Å². The van der Waals surface area contributed by atoms with Crippen molar-refractivity contribution in [1.29, 1.82) is 0 Å². The molecule has 1 unspecified atom stereocenters. The lowest BCUT2D eigenvalue weighted by molar-refractivity contribution is -0.150. The van der Waals surface area contributed by atoms with Crippen molar-refractivity contribution in [2.45, 2.75) is 33.8 Å². The molecule has 1 aromatic carbocycles. The Kier molecular flexibility index (Phi) is 7.06. The number of carbonyl (C=O) groups excluding carboxylic acids is 1. The molecule has 2 rings (SSSR count). The summed E-state index contributed by atoms with van der Waals surface area (Å²) < 4.78 is 17.7. The molecule has 0 radical (unpaired) electrons. The summed E-state index contributed by atoms with van der Waals surface area (Å²) in [6.07, 6.45) is 2.45. The molecule has 0 fully saturated rings. The molecule has 0 amide bonds. The van der Waals surface area contributed by atoms with Crippen LogP contribution < -0.4 is 15.2 Å². The third-order valence-electron chi connectivity index (χ3n) is 3.41. The molecule has 146 valence electrons. The number of nitrogen functional groups attached to an aromatic ring is 1. The fourth-order valence-electron chi connectivity index (χ4n) is 2.25. The molecule has 0 aliphatic heterocycles. The summed E-state index contributed by atoms with van der Waals surface area (Å²) in [5.41, 5.74) is 7.20. The van der Waals surface area contributed by atoms with Gasteiger partial charge >= 0.3 is 5.97 Å². The van der Waals surface area contributed by atoms with E-state index in [1.807, 2.05) is 13.8 Å². The van der Waals surface area contributed by atoms with Gasteiger partial charge in [0.1, 0.15) is 0 Å². The van der Waals surface area contributed by atoms with E-state index < -0.39 is 12.1 Å². The summed E-state index contributed by atoms with van der Waals surface area (Å²) >= 11 is 6.35. The molecule has 0 saturated heterocycles. The van der Waals surface area contributed by atoms with Crippen molar-refractivity contribution >= 4 is 29.7 Å². The number of rotatable bonds is 8. The Hall–Kier alpha value is -2.74. The van der Waals surface area contributed by atoms with Gasteiger partial charge in [0.25, 0.3) is 0 Å². The third-order valence-corrected chi connectivity index (χ3v) is 3.69. The van der Waals surface area contributed by atoms with E-state index in [9.17, 15) is 4.79 Å². The van der Waals surface area contributed by atoms with Crippen LogP contribution in [0.25, 0.3) is 0 Å². The number of hydrogen-bond acceptors (Lipinski definition) is 7. The number of hydrogen-bond donors (Lipinski definition) is 1. The maximum atomic E-state index is 11.8. The Labute approximate surface area is 162 Å². The molecule has 2 aromatic rings. The summed E-state index contributed by atoms with van der Waals surface area (Å²) in [4.78, 5) is 15.9. The molecule has 1 aromatic heterocycles. The Morgan fingerprint density at radius 1 is 1.41 bits per heavy atom. The molecular formula is C18H23ClN4O4. The quantitative estimate of drug-likeness (QED) is 0.545. The van der Waals surface area contributed by atoms with E-state index in [1.165, 1.54) is 4.68 Å². The molecule has 8 nitrogen and oxygen atoms in total. The van der Waals surface area contributed by atoms with E-state index in [4.69, 9.17) is 31.5 Å². The molecule has 1 heterocycles. The molecule has 0 saturated carbocycles. The Balaban J connectivity index is 2.29.